The van der Waals surface area contributed by atoms with Crippen molar-refractivity contribution in [3.63, 3.8) is 0 Å². The quantitative estimate of drug-likeness (QED) is 0.219. The van der Waals surface area contributed by atoms with E-state index in [1.807, 2.05) is 0 Å². The first-order valence-electron chi connectivity index (χ1n) is 12.7. The highest BCUT2D eigenvalue weighted by Crippen LogP contribution is 2.30. The number of anilines is 1. The fraction of sp³-hybridized carbons (Fsp3) is 0.286. The number of hydrogen-bond acceptors (Lipinski definition) is 7. The molecule has 0 saturated carbocycles. The molecular weight excluding hydrogens is 607 g/mol. The number of nitrogens with one attached hydrogen (secondary N) is 1. The lowest BCUT2D eigenvalue weighted by Gasteiger charge is -2.33. The average Bonchev–Trinajstić information content (AvgIpc) is 2.96. The number of methoxy groups -OCH3 is 1. The second-order valence-electron chi connectivity index (χ2n) is 9.21. The molecule has 0 spiro atoms. The predicted molar refractivity (Wildman–Crippen MR) is 161 cm³/mol. The van der Waals surface area contributed by atoms with Crippen LogP contribution >= 0.6 is 23.2 Å². The number of benzene rings is 3. The Morgan fingerprint density at radius 2 is 1.74 bits per heavy atom. The number of ether oxygens (including phenoxy) is 1. The van der Waals surface area contributed by atoms with Gasteiger partial charge in [0.1, 0.15) is 18.3 Å². The monoisotopic (exact) mass is 636 g/mol. The minimum absolute atomic E-state index is 0.102. The van der Waals surface area contributed by atoms with E-state index < -0.39 is 39.3 Å². The van der Waals surface area contributed by atoms with Gasteiger partial charge in [0.05, 0.1) is 22.6 Å². The van der Waals surface area contributed by atoms with Crippen LogP contribution in [0.5, 0.6) is 5.75 Å². The second kappa shape index (κ2) is 13.9. The Morgan fingerprint density at radius 3 is 2.29 bits per heavy atom. The highest BCUT2D eigenvalue weighted by molar-refractivity contribution is 7.92. The molecule has 11 nitrogen and oxygen atoms in total. The summed E-state index contributed by atoms with van der Waals surface area (Å²) in [6.45, 7) is 2.36. The lowest BCUT2D eigenvalue weighted by molar-refractivity contribution is -0.385. The summed E-state index contributed by atoms with van der Waals surface area (Å²) < 4.78 is 34.0. The van der Waals surface area contributed by atoms with Gasteiger partial charge in [0.2, 0.25) is 11.8 Å². The van der Waals surface area contributed by atoms with E-state index in [0.717, 1.165) is 10.4 Å². The molecule has 1 N–H and O–H groups in total. The molecule has 0 aromatic heterocycles. The summed E-state index contributed by atoms with van der Waals surface area (Å²) in [6, 6.07) is 13.2. The van der Waals surface area contributed by atoms with Gasteiger partial charge in [-0.1, -0.05) is 42.3 Å². The molecule has 42 heavy (non-hydrogen) atoms. The molecule has 14 heteroatoms. The number of likely N-dealkylation sites (N-methyl/N-ethyl adjacent to an activating group) is 1. The predicted octanol–water partition coefficient (Wildman–Crippen LogP) is 4.97. The third kappa shape index (κ3) is 7.30. The lowest BCUT2D eigenvalue weighted by Crippen LogP contribution is -2.51. The van der Waals surface area contributed by atoms with E-state index >= 15 is 0 Å². The first-order valence-corrected chi connectivity index (χ1v) is 14.9. The smallest absolute Gasteiger partial charge is 0.273 e. The number of carbonyl (C=O) groups excluding carboxylic acids is 2. The van der Waals surface area contributed by atoms with Crippen molar-refractivity contribution < 1.29 is 27.7 Å². The zero-order valence-electron chi connectivity index (χ0n) is 23.3. The molecule has 3 aromatic rings. The Bertz CT molecular complexity index is 1580. The van der Waals surface area contributed by atoms with Crippen molar-refractivity contribution in [1.29, 1.82) is 0 Å². The molecule has 0 radical (unpaired) electrons. The lowest BCUT2D eigenvalue weighted by atomic mass is 10.1. The summed E-state index contributed by atoms with van der Waals surface area (Å²) in [5.74, 6) is -0.723. The Hall–Kier alpha value is -3.87. The molecule has 0 heterocycles. The second-order valence-corrected chi connectivity index (χ2v) is 11.9. The van der Waals surface area contributed by atoms with E-state index in [2.05, 4.69) is 5.32 Å². The number of nitro groups is 1. The summed E-state index contributed by atoms with van der Waals surface area (Å²) in [7, 11) is -1.65. The fourth-order valence-electron chi connectivity index (χ4n) is 4.27. The van der Waals surface area contributed by atoms with E-state index in [1.165, 1.54) is 68.4 Å². The molecular formula is C28H30Cl2N4O7S. The molecule has 0 fully saturated rings. The zero-order valence-corrected chi connectivity index (χ0v) is 25.7. The van der Waals surface area contributed by atoms with Crippen molar-refractivity contribution in [3.05, 3.63) is 92.0 Å². The Labute approximate surface area is 254 Å². The molecule has 0 aliphatic rings. The number of nitrogens with zero attached hydrogens (tertiary/aromatic N) is 3. The van der Waals surface area contributed by atoms with Gasteiger partial charge in [-0.25, -0.2) is 8.42 Å². The van der Waals surface area contributed by atoms with Gasteiger partial charge in [-0.2, -0.15) is 0 Å². The molecule has 0 aliphatic carbocycles. The van der Waals surface area contributed by atoms with Crippen molar-refractivity contribution in [2.24, 2.45) is 0 Å². The van der Waals surface area contributed by atoms with Gasteiger partial charge in [-0.05, 0) is 61.4 Å². The van der Waals surface area contributed by atoms with Crippen LogP contribution in [0, 0.1) is 17.0 Å². The molecule has 0 unspecified atom stereocenters. The van der Waals surface area contributed by atoms with Gasteiger partial charge in [-0.15, -0.1) is 0 Å². The van der Waals surface area contributed by atoms with Gasteiger partial charge in [0.25, 0.3) is 15.7 Å². The van der Waals surface area contributed by atoms with Crippen LogP contribution in [-0.2, 0) is 26.2 Å². The number of sulfonamides is 1. The van der Waals surface area contributed by atoms with E-state index in [0.29, 0.717) is 16.3 Å². The normalized spacial score (nSPS) is 11.9. The van der Waals surface area contributed by atoms with E-state index in [4.69, 9.17) is 27.9 Å². The number of nitro benzene ring substituents is 1. The summed E-state index contributed by atoms with van der Waals surface area (Å²) in [4.78, 5) is 38.6. The average molecular weight is 638 g/mol. The van der Waals surface area contributed by atoms with Crippen LogP contribution in [0.4, 0.5) is 11.4 Å². The van der Waals surface area contributed by atoms with Gasteiger partial charge < -0.3 is 15.0 Å². The SMILES string of the molecule is CC[C@H](C(=O)NC)N(Cc1ccc(Cl)cc1Cl)C(=O)CN(c1ccc(OC)cc1)S(=O)(=O)c1ccc(C)c([N+](=O)[O-])c1. The molecule has 0 aliphatic heterocycles. The van der Waals surface area contributed by atoms with Crippen molar-refractivity contribution in [2.45, 2.75) is 37.8 Å². The summed E-state index contributed by atoms with van der Waals surface area (Å²) in [5, 5.41) is 14.7. The molecule has 0 saturated heterocycles. The van der Waals surface area contributed by atoms with Gasteiger partial charge in [-0.3, -0.25) is 24.0 Å². The standard InChI is InChI=1S/C28H30Cl2N4O7S/c1-5-25(28(36)31-3)32(16-19-7-8-20(29)14-24(19)30)27(35)17-33(21-9-11-22(41-4)12-10-21)42(39,40)23-13-6-18(2)26(15-23)34(37)38/h6-15,25H,5,16-17H2,1-4H3,(H,31,36)/t25-/m1/s1. The maximum Gasteiger partial charge on any atom is 0.273 e. The number of amides is 2. The molecule has 1 atom stereocenters. The van der Waals surface area contributed by atoms with E-state index in [1.54, 1.807) is 19.1 Å². The van der Waals surface area contributed by atoms with Gasteiger partial charge in [0, 0.05) is 35.3 Å². The molecule has 3 aromatic carbocycles. The topological polar surface area (TPSA) is 139 Å². The fourth-order valence-corrected chi connectivity index (χ4v) is 6.17. The van der Waals surface area contributed by atoms with Crippen LogP contribution < -0.4 is 14.4 Å². The van der Waals surface area contributed by atoms with Crippen molar-refractivity contribution in [3.8, 4) is 5.75 Å². The largest absolute Gasteiger partial charge is 0.497 e. The number of carbonyl (C=O) groups is 2. The van der Waals surface area contributed by atoms with Gasteiger partial charge in [0.15, 0.2) is 0 Å². The first kappa shape index (κ1) is 32.6. The van der Waals surface area contributed by atoms with E-state index in [9.17, 15) is 28.1 Å². The van der Waals surface area contributed by atoms with Gasteiger partial charge >= 0.3 is 0 Å². The summed E-state index contributed by atoms with van der Waals surface area (Å²) in [5.41, 5.74) is 0.477. The summed E-state index contributed by atoms with van der Waals surface area (Å²) in [6.07, 6.45) is 0.218. The molecule has 0 bridgehead atoms. The number of rotatable bonds is 12. The van der Waals surface area contributed by atoms with Crippen LogP contribution in [0.25, 0.3) is 0 Å². The van der Waals surface area contributed by atoms with Crippen molar-refractivity contribution >= 4 is 56.4 Å². The number of halogens is 2. The Kier molecular flexibility index (Phi) is 10.8. The third-order valence-electron chi connectivity index (χ3n) is 6.59. The van der Waals surface area contributed by atoms with Crippen LogP contribution in [0.2, 0.25) is 10.0 Å². The van der Waals surface area contributed by atoms with Crippen molar-refractivity contribution in [2.75, 3.05) is 25.0 Å². The highest BCUT2D eigenvalue weighted by Gasteiger charge is 2.34. The Balaban J connectivity index is 2.13. The maximum absolute atomic E-state index is 14.0. The van der Waals surface area contributed by atoms with Crippen LogP contribution in [0.1, 0.15) is 24.5 Å². The van der Waals surface area contributed by atoms with Crippen LogP contribution in [0.15, 0.2) is 65.6 Å². The van der Waals surface area contributed by atoms with Crippen LogP contribution in [-0.4, -0.2) is 56.8 Å². The van der Waals surface area contributed by atoms with Crippen molar-refractivity contribution in [1.82, 2.24) is 10.2 Å². The Morgan fingerprint density at radius 1 is 1.07 bits per heavy atom. The minimum Gasteiger partial charge on any atom is -0.497 e. The van der Waals surface area contributed by atoms with E-state index in [-0.39, 0.29) is 39.8 Å². The first-order chi connectivity index (χ1) is 19.8. The minimum atomic E-state index is -4.52. The zero-order chi connectivity index (χ0) is 31.2. The maximum atomic E-state index is 14.0. The number of hydrogen-bond donors (Lipinski definition) is 1. The third-order valence-corrected chi connectivity index (χ3v) is 8.95. The molecule has 3 rings (SSSR count). The van der Waals surface area contributed by atoms with Crippen LogP contribution in [0.3, 0.4) is 0 Å². The highest BCUT2D eigenvalue weighted by atomic mass is 35.5. The molecule has 224 valence electrons. The molecule has 2 amide bonds. The summed E-state index contributed by atoms with van der Waals surface area (Å²) >= 11 is 12.4. The number of aryl methyl sites for hydroxylation is 1.